The standard InChI is InChI=1S/C10H17O5Si2/c1-8(2)10(12)14-7-13-9(11)5-6-16-15-17(3)4/h1,5-7H2,2-4H3. The van der Waals surface area contributed by atoms with Crippen LogP contribution in [0.4, 0.5) is 0 Å². The number of rotatable bonds is 8. The van der Waals surface area contributed by atoms with E-state index in [9.17, 15) is 9.59 Å². The van der Waals surface area contributed by atoms with Gasteiger partial charge >= 0.3 is 11.9 Å². The Morgan fingerprint density at radius 2 is 1.94 bits per heavy atom. The SMILES string of the molecule is C=C(C)C(=O)OCOC(=O)CC[Si]O[Si](C)C. The quantitative estimate of drug-likeness (QED) is 0.219. The number of carbonyl (C=O) groups excluding carboxylic acids is 2. The zero-order valence-corrected chi connectivity index (χ0v) is 12.4. The van der Waals surface area contributed by atoms with E-state index >= 15 is 0 Å². The summed E-state index contributed by atoms with van der Waals surface area (Å²) in [6.45, 7) is 8.64. The fourth-order valence-corrected chi connectivity index (χ4v) is 2.56. The molecule has 5 nitrogen and oxygen atoms in total. The van der Waals surface area contributed by atoms with Gasteiger partial charge in [0.15, 0.2) is 9.04 Å². The van der Waals surface area contributed by atoms with Crippen LogP contribution in [0.2, 0.25) is 19.1 Å². The van der Waals surface area contributed by atoms with Crippen LogP contribution in [0.1, 0.15) is 13.3 Å². The summed E-state index contributed by atoms with van der Waals surface area (Å²) in [6, 6.07) is 0.642. The monoisotopic (exact) mass is 273 g/mol. The molecule has 7 heteroatoms. The zero-order valence-electron chi connectivity index (χ0n) is 10.4. The van der Waals surface area contributed by atoms with Gasteiger partial charge in [-0.3, -0.25) is 4.79 Å². The van der Waals surface area contributed by atoms with Gasteiger partial charge in [-0.25, -0.2) is 4.79 Å². The van der Waals surface area contributed by atoms with Crippen molar-refractivity contribution < 1.29 is 23.2 Å². The molecule has 0 aromatic carbocycles. The Morgan fingerprint density at radius 3 is 2.47 bits per heavy atom. The normalized spacial score (nSPS) is 10.1. The minimum absolute atomic E-state index is 0.275. The second-order valence-electron chi connectivity index (χ2n) is 3.50. The lowest BCUT2D eigenvalue weighted by molar-refractivity contribution is -0.164. The fourth-order valence-electron chi connectivity index (χ4n) is 0.693. The molecule has 0 aromatic rings. The van der Waals surface area contributed by atoms with Crippen molar-refractivity contribution in [1.29, 1.82) is 0 Å². The van der Waals surface area contributed by atoms with Gasteiger partial charge in [0.25, 0.3) is 0 Å². The summed E-state index contributed by atoms with van der Waals surface area (Å²) in [7, 11) is -0.364. The third-order valence-corrected chi connectivity index (χ3v) is 4.13. The van der Waals surface area contributed by atoms with Gasteiger partial charge in [0.1, 0.15) is 0 Å². The van der Waals surface area contributed by atoms with Gasteiger partial charge in [0, 0.05) is 12.0 Å². The largest absolute Gasteiger partial charge is 0.456 e. The number of esters is 2. The molecular weight excluding hydrogens is 256 g/mol. The number of ether oxygens (including phenoxy) is 2. The second kappa shape index (κ2) is 9.14. The van der Waals surface area contributed by atoms with Crippen LogP contribution >= 0.6 is 0 Å². The summed E-state index contributed by atoms with van der Waals surface area (Å²) in [5.41, 5.74) is 0.275. The molecule has 0 fully saturated rings. The third kappa shape index (κ3) is 9.97. The molecule has 0 heterocycles. The predicted octanol–water partition coefficient (Wildman–Crippen LogP) is 1.30. The second-order valence-corrected chi connectivity index (χ2v) is 6.92. The van der Waals surface area contributed by atoms with Crippen LogP contribution in [0.5, 0.6) is 0 Å². The lowest BCUT2D eigenvalue weighted by Crippen LogP contribution is -2.15. The highest BCUT2D eigenvalue weighted by molar-refractivity contribution is 6.56. The number of hydrogen-bond acceptors (Lipinski definition) is 5. The Kier molecular flexibility index (Phi) is 8.64. The average Bonchev–Trinajstić information content (AvgIpc) is 2.23. The first kappa shape index (κ1) is 16.1. The van der Waals surface area contributed by atoms with Crippen molar-refractivity contribution >= 4 is 30.7 Å². The maximum atomic E-state index is 11.2. The van der Waals surface area contributed by atoms with E-state index in [2.05, 4.69) is 11.3 Å². The molecule has 0 aliphatic heterocycles. The Bertz CT molecular complexity index is 278. The molecule has 0 saturated heterocycles. The van der Waals surface area contributed by atoms with Gasteiger partial charge in [0.05, 0.1) is 0 Å². The van der Waals surface area contributed by atoms with Gasteiger partial charge < -0.3 is 13.6 Å². The van der Waals surface area contributed by atoms with Crippen LogP contribution in [0.3, 0.4) is 0 Å². The van der Waals surface area contributed by atoms with E-state index in [1.807, 2.05) is 13.1 Å². The zero-order chi connectivity index (χ0) is 13.3. The van der Waals surface area contributed by atoms with Crippen LogP contribution in [0.15, 0.2) is 12.2 Å². The van der Waals surface area contributed by atoms with Crippen molar-refractivity contribution in [2.75, 3.05) is 6.79 Å². The van der Waals surface area contributed by atoms with Crippen LogP contribution in [-0.2, 0) is 23.2 Å². The first-order chi connectivity index (χ1) is 7.93. The Morgan fingerprint density at radius 1 is 1.29 bits per heavy atom. The Hall–Kier alpha value is -0.926. The number of hydrogen-bond donors (Lipinski definition) is 0. The molecule has 0 N–H and O–H groups in total. The molecule has 0 aromatic heterocycles. The summed E-state index contributed by atoms with van der Waals surface area (Å²) < 4.78 is 14.7. The van der Waals surface area contributed by atoms with Crippen molar-refractivity contribution in [3.8, 4) is 0 Å². The predicted molar refractivity (Wildman–Crippen MR) is 65.6 cm³/mol. The van der Waals surface area contributed by atoms with E-state index in [-0.39, 0.29) is 18.8 Å². The van der Waals surface area contributed by atoms with Crippen LogP contribution in [0.25, 0.3) is 0 Å². The van der Waals surface area contributed by atoms with Gasteiger partial charge in [-0.1, -0.05) is 6.58 Å². The van der Waals surface area contributed by atoms with E-state index in [0.29, 0.717) is 15.8 Å². The maximum Gasteiger partial charge on any atom is 0.335 e. The summed E-state index contributed by atoms with van der Waals surface area (Å²) in [4.78, 5) is 22.1. The fraction of sp³-hybridized carbons (Fsp3) is 0.600. The first-order valence-electron chi connectivity index (χ1n) is 5.11. The molecule has 0 saturated carbocycles. The van der Waals surface area contributed by atoms with E-state index in [1.165, 1.54) is 6.92 Å². The smallest absolute Gasteiger partial charge is 0.335 e. The molecule has 0 rings (SSSR count). The highest BCUT2D eigenvalue weighted by Crippen LogP contribution is 1.97. The highest BCUT2D eigenvalue weighted by atomic mass is 28.3. The minimum atomic E-state index is -0.688. The lowest BCUT2D eigenvalue weighted by Gasteiger charge is -2.06. The van der Waals surface area contributed by atoms with Gasteiger partial charge in [-0.2, -0.15) is 0 Å². The molecule has 0 atom stereocenters. The van der Waals surface area contributed by atoms with Crippen LogP contribution in [0, 0.1) is 0 Å². The van der Waals surface area contributed by atoms with Crippen molar-refractivity contribution in [3.05, 3.63) is 12.2 Å². The Labute approximate surface area is 106 Å². The number of carbonyl (C=O) groups is 2. The van der Waals surface area contributed by atoms with Crippen molar-refractivity contribution in [2.45, 2.75) is 32.5 Å². The summed E-state index contributed by atoms with van der Waals surface area (Å²) in [5.74, 6) is -0.955. The van der Waals surface area contributed by atoms with Gasteiger partial charge in [-0.05, 0) is 26.1 Å². The van der Waals surface area contributed by atoms with E-state index < -0.39 is 21.0 Å². The molecule has 95 valence electrons. The van der Waals surface area contributed by atoms with Crippen molar-refractivity contribution in [1.82, 2.24) is 0 Å². The maximum absolute atomic E-state index is 11.2. The molecule has 0 bridgehead atoms. The van der Waals surface area contributed by atoms with E-state index in [4.69, 9.17) is 8.85 Å². The third-order valence-electron chi connectivity index (χ3n) is 1.47. The van der Waals surface area contributed by atoms with Crippen LogP contribution < -0.4 is 0 Å². The molecule has 3 radical (unpaired) electrons. The molecule has 0 aliphatic carbocycles. The summed E-state index contributed by atoms with van der Waals surface area (Å²) in [5, 5.41) is 0. The molecule has 0 aliphatic rings. The van der Waals surface area contributed by atoms with Gasteiger partial charge in [0.2, 0.25) is 16.6 Å². The minimum Gasteiger partial charge on any atom is -0.456 e. The van der Waals surface area contributed by atoms with Crippen molar-refractivity contribution in [2.24, 2.45) is 0 Å². The van der Waals surface area contributed by atoms with E-state index in [1.54, 1.807) is 0 Å². The van der Waals surface area contributed by atoms with Crippen LogP contribution in [-0.4, -0.2) is 37.5 Å². The lowest BCUT2D eigenvalue weighted by atomic mass is 10.4. The van der Waals surface area contributed by atoms with Crippen molar-refractivity contribution in [3.63, 3.8) is 0 Å². The first-order valence-corrected chi connectivity index (χ1v) is 8.64. The van der Waals surface area contributed by atoms with E-state index in [0.717, 1.165) is 0 Å². The molecular formula is C10H17O5Si2. The summed E-state index contributed by atoms with van der Waals surface area (Å²) >= 11 is 0. The summed E-state index contributed by atoms with van der Waals surface area (Å²) in [6.07, 6.45) is 0.276. The molecule has 0 amide bonds. The molecule has 0 unspecified atom stereocenters. The molecule has 0 spiro atoms. The Balaban J connectivity index is 3.47. The molecule has 17 heavy (non-hydrogen) atoms. The van der Waals surface area contributed by atoms with Gasteiger partial charge in [-0.15, -0.1) is 0 Å². The average molecular weight is 273 g/mol. The topological polar surface area (TPSA) is 61.8 Å². The highest BCUT2D eigenvalue weighted by Gasteiger charge is 2.07.